The first-order valence-corrected chi connectivity index (χ1v) is 9.17. The normalized spacial score (nSPS) is 10.7. The minimum Gasteiger partial charge on any atom is -0.546 e. The predicted octanol–water partition coefficient (Wildman–Crippen LogP) is -0.617. The van der Waals surface area contributed by atoms with E-state index in [1.54, 1.807) is 18.2 Å². The van der Waals surface area contributed by atoms with E-state index >= 15 is 0 Å². The fraction of sp³-hybridized carbons (Fsp3) is 0.130. The molecule has 0 aliphatic carbocycles. The molecule has 1 heterocycles. The third kappa shape index (κ3) is 4.07. The fourth-order valence-corrected chi connectivity index (χ4v) is 3.75. The summed E-state index contributed by atoms with van der Waals surface area (Å²) in [4.78, 5) is 23.1. The number of aliphatic carboxylic acids is 1. The van der Waals surface area contributed by atoms with Gasteiger partial charge in [-0.3, -0.25) is 4.79 Å². The summed E-state index contributed by atoms with van der Waals surface area (Å²) < 4.78 is 7.63. The summed E-state index contributed by atoms with van der Waals surface area (Å²) in [5.74, 6) is -1.49. The standard InChI is InChI=1S/C23H20N2O4.Na/c1-14-10-18-22(19(11-14)29-13-20(26)27)21-16(23(24)28)8-5-9-17(21)25(18)12-15-6-3-2-4-7-15;/h2-11H,12-13H2,1H3,(H2,24,28)(H,26,27);/q;+1/p-1. The third-order valence-electron chi connectivity index (χ3n) is 4.89. The Morgan fingerprint density at radius 2 is 1.73 bits per heavy atom. The van der Waals surface area contributed by atoms with Crippen LogP contribution in [0.5, 0.6) is 5.75 Å². The molecule has 0 spiro atoms. The van der Waals surface area contributed by atoms with Gasteiger partial charge in [-0.05, 0) is 42.3 Å². The molecule has 0 fully saturated rings. The number of hydrogen-bond donors (Lipinski definition) is 1. The number of primary amides is 1. The van der Waals surface area contributed by atoms with E-state index in [1.807, 2.05) is 49.4 Å². The second kappa shape index (κ2) is 8.92. The van der Waals surface area contributed by atoms with Crippen LogP contribution in [0.2, 0.25) is 0 Å². The summed E-state index contributed by atoms with van der Waals surface area (Å²) in [7, 11) is 0. The van der Waals surface area contributed by atoms with E-state index in [0.717, 1.165) is 22.2 Å². The summed E-state index contributed by atoms with van der Waals surface area (Å²) in [6, 6.07) is 19.1. The molecular formula is C23H19N2NaO4. The number of hydrogen-bond acceptors (Lipinski definition) is 4. The molecule has 2 N–H and O–H groups in total. The molecule has 0 bridgehead atoms. The molecular weight excluding hydrogens is 391 g/mol. The van der Waals surface area contributed by atoms with Crippen LogP contribution >= 0.6 is 0 Å². The van der Waals surface area contributed by atoms with E-state index in [1.165, 1.54) is 0 Å². The molecule has 3 aromatic carbocycles. The molecule has 0 unspecified atom stereocenters. The van der Waals surface area contributed by atoms with Crippen molar-refractivity contribution in [2.75, 3.05) is 6.61 Å². The quantitative estimate of drug-likeness (QED) is 0.429. The number of benzene rings is 3. The average molecular weight is 410 g/mol. The zero-order valence-electron chi connectivity index (χ0n) is 16.8. The van der Waals surface area contributed by atoms with Gasteiger partial charge in [0.1, 0.15) is 12.4 Å². The molecule has 4 aromatic rings. The van der Waals surface area contributed by atoms with Gasteiger partial charge in [-0.1, -0.05) is 36.4 Å². The molecule has 0 radical (unpaired) electrons. The van der Waals surface area contributed by atoms with Crippen LogP contribution in [0.3, 0.4) is 0 Å². The van der Waals surface area contributed by atoms with Crippen LogP contribution in [-0.4, -0.2) is 23.1 Å². The van der Waals surface area contributed by atoms with Gasteiger partial charge in [0.05, 0.1) is 22.4 Å². The largest absolute Gasteiger partial charge is 1.00 e. The monoisotopic (exact) mass is 410 g/mol. The second-order valence-corrected chi connectivity index (χ2v) is 6.95. The van der Waals surface area contributed by atoms with Crippen molar-refractivity contribution in [1.29, 1.82) is 0 Å². The van der Waals surface area contributed by atoms with Gasteiger partial charge in [0, 0.05) is 17.5 Å². The van der Waals surface area contributed by atoms with E-state index in [9.17, 15) is 14.7 Å². The number of rotatable bonds is 6. The Morgan fingerprint density at radius 3 is 2.40 bits per heavy atom. The van der Waals surface area contributed by atoms with Crippen LogP contribution < -0.4 is 45.1 Å². The van der Waals surface area contributed by atoms with Crippen molar-refractivity contribution in [3.8, 4) is 5.75 Å². The molecule has 4 rings (SSSR count). The van der Waals surface area contributed by atoms with Crippen molar-refractivity contribution >= 4 is 33.7 Å². The van der Waals surface area contributed by atoms with E-state index < -0.39 is 18.5 Å². The number of aromatic nitrogens is 1. The van der Waals surface area contributed by atoms with Crippen molar-refractivity contribution in [1.82, 2.24) is 4.57 Å². The number of aryl methyl sites for hydroxylation is 1. The number of nitrogens with zero attached hydrogens (tertiary/aromatic N) is 1. The molecule has 6 nitrogen and oxygen atoms in total. The van der Waals surface area contributed by atoms with Crippen LogP contribution in [0.25, 0.3) is 21.8 Å². The van der Waals surface area contributed by atoms with Crippen molar-refractivity contribution in [3.63, 3.8) is 0 Å². The third-order valence-corrected chi connectivity index (χ3v) is 4.89. The topological polar surface area (TPSA) is 97.4 Å². The van der Waals surface area contributed by atoms with Crippen molar-refractivity contribution in [2.24, 2.45) is 5.73 Å². The maximum absolute atomic E-state index is 12.1. The first-order valence-electron chi connectivity index (χ1n) is 9.17. The Morgan fingerprint density at radius 1 is 1.00 bits per heavy atom. The Bertz CT molecular complexity index is 1250. The van der Waals surface area contributed by atoms with E-state index in [4.69, 9.17) is 10.5 Å². The summed E-state index contributed by atoms with van der Waals surface area (Å²) in [5, 5.41) is 12.3. The number of amides is 1. The van der Waals surface area contributed by atoms with Crippen molar-refractivity contribution < 1.29 is 49.0 Å². The molecule has 0 saturated heterocycles. The average Bonchev–Trinajstić information content (AvgIpc) is 3.00. The molecule has 146 valence electrons. The molecule has 30 heavy (non-hydrogen) atoms. The van der Waals surface area contributed by atoms with Gasteiger partial charge in [-0.2, -0.15) is 0 Å². The zero-order chi connectivity index (χ0) is 20.5. The van der Waals surface area contributed by atoms with Gasteiger partial charge < -0.3 is 24.9 Å². The minimum absolute atomic E-state index is 0. The second-order valence-electron chi connectivity index (χ2n) is 6.95. The summed E-state index contributed by atoms with van der Waals surface area (Å²) in [5.41, 5.74) is 9.66. The first-order chi connectivity index (χ1) is 14.0. The predicted molar refractivity (Wildman–Crippen MR) is 109 cm³/mol. The van der Waals surface area contributed by atoms with Crippen LogP contribution in [-0.2, 0) is 11.3 Å². The maximum Gasteiger partial charge on any atom is 1.00 e. The molecule has 1 amide bonds. The number of nitrogens with two attached hydrogens (primary N) is 1. The Labute approximate surface area is 195 Å². The first kappa shape index (κ1) is 21.9. The number of carboxylic acids is 1. The minimum atomic E-state index is -1.32. The number of carbonyl (C=O) groups excluding carboxylic acids is 2. The molecule has 1 aromatic heterocycles. The Balaban J connectivity index is 0.00000256. The smallest absolute Gasteiger partial charge is 0.546 e. The Kier molecular flexibility index (Phi) is 6.51. The summed E-state index contributed by atoms with van der Waals surface area (Å²) >= 11 is 0. The van der Waals surface area contributed by atoms with E-state index in [2.05, 4.69) is 4.57 Å². The summed E-state index contributed by atoms with van der Waals surface area (Å²) in [6.45, 7) is 1.90. The maximum atomic E-state index is 12.1. The fourth-order valence-electron chi connectivity index (χ4n) is 3.75. The number of carboxylic acid groups (broad SMARTS) is 1. The van der Waals surface area contributed by atoms with Crippen LogP contribution in [0.15, 0.2) is 60.7 Å². The number of carbonyl (C=O) groups is 2. The zero-order valence-corrected chi connectivity index (χ0v) is 18.8. The Hall–Kier alpha value is -2.80. The van der Waals surface area contributed by atoms with Crippen LogP contribution in [0.4, 0.5) is 0 Å². The molecule has 0 atom stereocenters. The van der Waals surface area contributed by atoms with Crippen LogP contribution in [0, 0.1) is 6.92 Å². The van der Waals surface area contributed by atoms with E-state index in [-0.39, 0.29) is 29.6 Å². The number of ether oxygens (including phenoxy) is 1. The SMILES string of the molecule is Cc1cc(OCC(=O)[O-])c2c3c(C(N)=O)cccc3n(Cc3ccccc3)c2c1.[Na+]. The van der Waals surface area contributed by atoms with Gasteiger partial charge in [0.25, 0.3) is 0 Å². The van der Waals surface area contributed by atoms with E-state index in [0.29, 0.717) is 28.6 Å². The van der Waals surface area contributed by atoms with Crippen molar-refractivity contribution in [2.45, 2.75) is 13.5 Å². The molecule has 0 saturated carbocycles. The van der Waals surface area contributed by atoms with Crippen molar-refractivity contribution in [3.05, 3.63) is 77.4 Å². The van der Waals surface area contributed by atoms with Gasteiger partial charge in [0.2, 0.25) is 5.91 Å². The molecule has 0 aliphatic heterocycles. The van der Waals surface area contributed by atoms with Gasteiger partial charge >= 0.3 is 29.6 Å². The van der Waals surface area contributed by atoms with Gasteiger partial charge in [-0.25, -0.2) is 0 Å². The van der Waals surface area contributed by atoms with Crippen LogP contribution in [0.1, 0.15) is 21.5 Å². The molecule has 0 aliphatic rings. The summed E-state index contributed by atoms with van der Waals surface area (Å²) in [6.07, 6.45) is 0. The molecule has 7 heteroatoms. The van der Waals surface area contributed by atoms with Gasteiger partial charge in [0.15, 0.2) is 0 Å². The van der Waals surface area contributed by atoms with Gasteiger partial charge in [-0.15, -0.1) is 0 Å². The number of fused-ring (bicyclic) bond motifs is 3.